The van der Waals surface area contributed by atoms with Crippen molar-refractivity contribution in [1.29, 1.82) is 0 Å². The zero-order chi connectivity index (χ0) is 22.2. The smallest absolute Gasteiger partial charge is 0.264 e. The maximum absolute atomic E-state index is 13.4. The normalized spacial score (nSPS) is 17.9. The Morgan fingerprint density at radius 2 is 1.59 bits per heavy atom. The number of rotatable bonds is 3. The van der Waals surface area contributed by atoms with E-state index in [9.17, 15) is 4.79 Å². The van der Waals surface area contributed by atoms with Gasteiger partial charge in [0, 0.05) is 63.1 Å². The molecule has 2 aliphatic rings. The lowest BCUT2D eigenvalue weighted by Crippen LogP contribution is -2.48. The first-order valence-corrected chi connectivity index (χ1v) is 12.2. The Morgan fingerprint density at radius 3 is 2.28 bits per heavy atom. The van der Waals surface area contributed by atoms with E-state index in [1.165, 1.54) is 11.3 Å². The minimum absolute atomic E-state index is 0.102. The number of carbonyl (C=O) groups excluding carboxylic acids is 1. The van der Waals surface area contributed by atoms with Crippen molar-refractivity contribution in [2.75, 3.05) is 69.2 Å². The summed E-state index contributed by atoms with van der Waals surface area (Å²) in [5, 5.41) is 1.77. The molecule has 0 unspecified atom stereocenters. The summed E-state index contributed by atoms with van der Waals surface area (Å²) < 4.78 is 0. The minimum Gasteiger partial charge on any atom is -0.368 e. The Morgan fingerprint density at radius 1 is 0.938 bits per heavy atom. The molecule has 0 bridgehead atoms. The molecule has 9 heteroatoms. The molecule has 0 spiro atoms. The number of piperazine rings is 2. The quantitative estimate of drug-likeness (QED) is 0.585. The monoisotopic (exact) mass is 470 g/mol. The van der Waals surface area contributed by atoms with Gasteiger partial charge in [-0.3, -0.25) is 4.79 Å². The van der Waals surface area contributed by atoms with Crippen molar-refractivity contribution < 1.29 is 4.79 Å². The Kier molecular flexibility index (Phi) is 5.92. The number of likely N-dealkylation sites (N-methyl/N-ethyl adjacent to an activating group) is 1. The third-order valence-corrected chi connectivity index (χ3v) is 7.90. The second-order valence-electron chi connectivity index (χ2n) is 8.48. The lowest BCUT2D eigenvalue weighted by Gasteiger charge is -2.36. The lowest BCUT2D eigenvalue weighted by atomic mass is 10.1. The molecule has 2 aliphatic heterocycles. The number of anilines is 2. The van der Waals surface area contributed by atoms with Crippen LogP contribution in [0.15, 0.2) is 30.6 Å². The molecule has 32 heavy (non-hydrogen) atoms. The van der Waals surface area contributed by atoms with E-state index in [4.69, 9.17) is 11.6 Å². The second kappa shape index (κ2) is 8.84. The highest BCUT2D eigenvalue weighted by Gasteiger charge is 2.28. The van der Waals surface area contributed by atoms with Crippen LogP contribution in [0.2, 0.25) is 5.02 Å². The molecule has 2 aromatic heterocycles. The van der Waals surface area contributed by atoms with Crippen molar-refractivity contribution in [2.24, 2.45) is 0 Å². The summed E-state index contributed by atoms with van der Waals surface area (Å²) in [4.78, 5) is 33.2. The van der Waals surface area contributed by atoms with E-state index in [2.05, 4.69) is 31.7 Å². The number of carbonyl (C=O) groups is 1. The van der Waals surface area contributed by atoms with Crippen LogP contribution in [0.5, 0.6) is 0 Å². The number of amides is 1. The molecule has 5 rings (SSSR count). The number of hydrogen-bond acceptors (Lipinski definition) is 7. The van der Waals surface area contributed by atoms with Crippen LogP contribution in [0.1, 0.15) is 15.2 Å². The third kappa shape index (κ3) is 4.02. The van der Waals surface area contributed by atoms with Gasteiger partial charge in [-0.1, -0.05) is 11.6 Å². The van der Waals surface area contributed by atoms with E-state index in [0.29, 0.717) is 13.1 Å². The average molecular weight is 471 g/mol. The fourth-order valence-corrected chi connectivity index (χ4v) is 5.72. The van der Waals surface area contributed by atoms with Gasteiger partial charge in [-0.05, 0) is 43.8 Å². The van der Waals surface area contributed by atoms with Crippen LogP contribution in [0.4, 0.5) is 11.5 Å². The second-order valence-corrected chi connectivity index (χ2v) is 9.92. The number of aryl methyl sites for hydroxylation is 1. The molecule has 7 nitrogen and oxygen atoms in total. The third-order valence-electron chi connectivity index (χ3n) is 6.46. The van der Waals surface area contributed by atoms with Crippen molar-refractivity contribution in [3.05, 3.63) is 46.1 Å². The van der Waals surface area contributed by atoms with Crippen molar-refractivity contribution in [3.8, 4) is 0 Å². The molecular weight excluding hydrogens is 444 g/mol. The fraction of sp³-hybridized carbons (Fsp3) is 0.435. The van der Waals surface area contributed by atoms with E-state index in [1.807, 2.05) is 36.1 Å². The van der Waals surface area contributed by atoms with Gasteiger partial charge in [0.2, 0.25) is 0 Å². The zero-order valence-corrected chi connectivity index (χ0v) is 20.0. The number of thiophene rings is 1. The Bertz CT molecular complexity index is 1120. The van der Waals surface area contributed by atoms with Crippen LogP contribution in [0, 0.1) is 6.92 Å². The number of halogens is 1. The van der Waals surface area contributed by atoms with Gasteiger partial charge in [0.05, 0.1) is 10.3 Å². The van der Waals surface area contributed by atoms with Gasteiger partial charge < -0.3 is 19.6 Å². The van der Waals surface area contributed by atoms with Crippen LogP contribution >= 0.6 is 22.9 Å². The molecule has 168 valence electrons. The summed E-state index contributed by atoms with van der Waals surface area (Å²) in [5.41, 5.74) is 2.15. The predicted molar refractivity (Wildman–Crippen MR) is 131 cm³/mol. The first-order valence-electron chi connectivity index (χ1n) is 11.0. The first kappa shape index (κ1) is 21.4. The van der Waals surface area contributed by atoms with Crippen molar-refractivity contribution in [2.45, 2.75) is 6.92 Å². The van der Waals surface area contributed by atoms with Crippen molar-refractivity contribution in [1.82, 2.24) is 19.8 Å². The minimum atomic E-state index is 0.102. The van der Waals surface area contributed by atoms with Crippen LogP contribution < -0.4 is 9.80 Å². The Balaban J connectivity index is 1.35. The van der Waals surface area contributed by atoms with E-state index in [1.54, 1.807) is 6.33 Å². The van der Waals surface area contributed by atoms with Gasteiger partial charge in [-0.2, -0.15) is 0 Å². The predicted octanol–water partition coefficient (Wildman–Crippen LogP) is 3.37. The summed E-state index contributed by atoms with van der Waals surface area (Å²) in [6.45, 7) is 8.96. The van der Waals surface area contributed by atoms with Gasteiger partial charge in [-0.25, -0.2) is 9.97 Å². The maximum Gasteiger partial charge on any atom is 0.264 e. The van der Waals surface area contributed by atoms with Gasteiger partial charge in [0.15, 0.2) is 0 Å². The number of fused-ring (bicyclic) bond motifs is 1. The van der Waals surface area contributed by atoms with Gasteiger partial charge in [0.25, 0.3) is 5.91 Å². The summed E-state index contributed by atoms with van der Waals surface area (Å²) in [7, 11) is 2.15. The molecular formula is C23H27ClN6OS. The topological polar surface area (TPSA) is 55.8 Å². The molecule has 2 fully saturated rings. The Hall–Kier alpha value is -2.42. The molecule has 0 saturated carbocycles. The van der Waals surface area contributed by atoms with Crippen molar-refractivity contribution >= 4 is 50.6 Å². The standard InChI is InChI=1S/C23H27ClN6OS/c1-16-19-21(29-9-7-27(2)8-10-29)25-15-26-22(19)32-20(16)23(31)30-13-11-28(12-14-30)18-5-3-17(24)4-6-18/h3-6,15H,7-14H2,1-2H3. The van der Waals surface area contributed by atoms with Crippen LogP contribution in [-0.4, -0.2) is 85.1 Å². The summed E-state index contributed by atoms with van der Waals surface area (Å²) >= 11 is 7.51. The van der Waals surface area contributed by atoms with Crippen LogP contribution in [0.25, 0.3) is 10.2 Å². The molecule has 3 aromatic rings. The summed E-state index contributed by atoms with van der Waals surface area (Å²) in [5.74, 6) is 1.06. The number of hydrogen-bond donors (Lipinski definition) is 0. The largest absolute Gasteiger partial charge is 0.368 e. The molecule has 1 amide bonds. The van der Waals surface area contributed by atoms with E-state index < -0.39 is 0 Å². The van der Waals surface area contributed by atoms with E-state index >= 15 is 0 Å². The Labute approximate surface area is 197 Å². The number of nitrogens with zero attached hydrogens (tertiary/aromatic N) is 6. The van der Waals surface area contributed by atoms with E-state index in [0.717, 1.165) is 76.5 Å². The lowest BCUT2D eigenvalue weighted by molar-refractivity contribution is 0.0751. The number of aromatic nitrogens is 2. The zero-order valence-electron chi connectivity index (χ0n) is 18.4. The van der Waals surface area contributed by atoms with Crippen molar-refractivity contribution in [3.63, 3.8) is 0 Å². The van der Waals surface area contributed by atoms with Crippen LogP contribution in [0.3, 0.4) is 0 Å². The highest BCUT2D eigenvalue weighted by molar-refractivity contribution is 7.20. The molecule has 0 atom stereocenters. The van der Waals surface area contributed by atoms with Crippen LogP contribution in [-0.2, 0) is 0 Å². The van der Waals surface area contributed by atoms with Gasteiger partial charge >= 0.3 is 0 Å². The first-order chi connectivity index (χ1) is 15.5. The SMILES string of the molecule is Cc1c(C(=O)N2CCN(c3ccc(Cl)cc3)CC2)sc2ncnc(N3CCN(C)CC3)c12. The molecule has 4 heterocycles. The number of benzene rings is 1. The molecule has 0 N–H and O–H groups in total. The van der Waals surface area contributed by atoms with Gasteiger partial charge in [0.1, 0.15) is 17.0 Å². The molecule has 0 radical (unpaired) electrons. The highest BCUT2D eigenvalue weighted by atomic mass is 35.5. The summed E-state index contributed by atoms with van der Waals surface area (Å²) in [6.07, 6.45) is 1.63. The van der Waals surface area contributed by atoms with Gasteiger partial charge in [-0.15, -0.1) is 11.3 Å². The highest BCUT2D eigenvalue weighted by Crippen LogP contribution is 2.36. The summed E-state index contributed by atoms with van der Waals surface area (Å²) in [6, 6.07) is 7.89. The molecule has 0 aliphatic carbocycles. The fourth-order valence-electron chi connectivity index (χ4n) is 4.48. The average Bonchev–Trinajstić information content (AvgIpc) is 3.16. The molecule has 1 aromatic carbocycles. The maximum atomic E-state index is 13.4. The molecule has 2 saturated heterocycles. The van der Waals surface area contributed by atoms with E-state index in [-0.39, 0.29) is 5.91 Å².